The predicted octanol–water partition coefficient (Wildman–Crippen LogP) is 3.65. The normalized spacial score (nSPS) is 10.9. The van der Waals surface area contributed by atoms with Crippen molar-refractivity contribution in [2.75, 3.05) is 6.54 Å². The molecule has 0 saturated carbocycles. The van der Waals surface area contributed by atoms with Crippen molar-refractivity contribution in [2.45, 2.75) is 6.42 Å². The number of rotatable bonds is 4. The Morgan fingerprint density at radius 3 is 2.50 bits per heavy atom. The Morgan fingerprint density at radius 1 is 0.885 bits per heavy atom. The highest BCUT2D eigenvalue weighted by molar-refractivity contribution is 6.05. The molecule has 0 bridgehead atoms. The first-order chi connectivity index (χ1) is 12.7. The molecule has 0 aliphatic rings. The van der Waals surface area contributed by atoms with Gasteiger partial charge >= 0.3 is 0 Å². The number of benzene rings is 3. The van der Waals surface area contributed by atoms with E-state index < -0.39 is 0 Å². The maximum Gasteiger partial charge on any atom is 0.252 e. The quantitative estimate of drug-likeness (QED) is 0.595. The van der Waals surface area contributed by atoms with Gasteiger partial charge in [0.25, 0.3) is 5.91 Å². The molecule has 0 aliphatic carbocycles. The summed E-state index contributed by atoms with van der Waals surface area (Å²) in [4.78, 5) is 27.2. The summed E-state index contributed by atoms with van der Waals surface area (Å²) in [5.74, 6) is -0.229. The second kappa shape index (κ2) is 6.84. The Kier molecular flexibility index (Phi) is 4.23. The number of hydrogen-bond donors (Lipinski definition) is 2. The number of carbonyl (C=O) groups excluding carboxylic acids is 1. The van der Waals surface area contributed by atoms with Crippen LogP contribution in [0.1, 0.15) is 15.9 Å². The Morgan fingerprint density at radius 2 is 1.62 bits per heavy atom. The Bertz CT molecular complexity index is 1160. The zero-order valence-electron chi connectivity index (χ0n) is 14.2. The number of hydrogen-bond acceptors (Lipinski definition) is 2. The van der Waals surface area contributed by atoms with E-state index in [1.807, 2.05) is 36.4 Å². The summed E-state index contributed by atoms with van der Waals surface area (Å²) >= 11 is 0. The SMILES string of the molecule is O=C(NCCc1cccc2ccccc12)c1cc(=O)[nH]c2ccccc12. The van der Waals surface area contributed by atoms with Crippen molar-refractivity contribution in [3.63, 3.8) is 0 Å². The van der Waals surface area contributed by atoms with Crippen molar-refractivity contribution in [1.82, 2.24) is 10.3 Å². The summed E-state index contributed by atoms with van der Waals surface area (Å²) in [6, 6.07) is 23.1. The lowest BCUT2D eigenvalue weighted by atomic mass is 10.0. The fourth-order valence-electron chi connectivity index (χ4n) is 3.31. The largest absolute Gasteiger partial charge is 0.352 e. The van der Waals surface area contributed by atoms with Gasteiger partial charge in [0.05, 0.1) is 5.56 Å². The maximum absolute atomic E-state index is 12.6. The summed E-state index contributed by atoms with van der Waals surface area (Å²) in [5.41, 5.74) is 1.99. The van der Waals surface area contributed by atoms with Gasteiger partial charge in [0.15, 0.2) is 0 Å². The number of para-hydroxylation sites is 1. The molecule has 26 heavy (non-hydrogen) atoms. The number of pyridine rings is 1. The number of aromatic nitrogens is 1. The van der Waals surface area contributed by atoms with E-state index >= 15 is 0 Å². The average molecular weight is 342 g/mol. The highest BCUT2D eigenvalue weighted by Gasteiger charge is 2.11. The highest BCUT2D eigenvalue weighted by atomic mass is 16.2. The minimum atomic E-state index is -0.275. The van der Waals surface area contributed by atoms with Gasteiger partial charge in [-0.2, -0.15) is 0 Å². The average Bonchev–Trinajstić information content (AvgIpc) is 2.67. The molecule has 0 unspecified atom stereocenters. The summed E-state index contributed by atoms with van der Waals surface area (Å²) in [7, 11) is 0. The molecule has 0 radical (unpaired) electrons. The molecular weight excluding hydrogens is 324 g/mol. The van der Waals surface area contributed by atoms with Gasteiger partial charge in [0.1, 0.15) is 0 Å². The molecule has 0 fully saturated rings. The Hall–Kier alpha value is -3.40. The van der Waals surface area contributed by atoms with Gasteiger partial charge in [0, 0.05) is 23.5 Å². The summed E-state index contributed by atoms with van der Waals surface area (Å²) in [6.45, 7) is 0.508. The van der Waals surface area contributed by atoms with Crippen molar-refractivity contribution >= 4 is 27.6 Å². The molecule has 4 heteroatoms. The van der Waals surface area contributed by atoms with Gasteiger partial charge in [-0.25, -0.2) is 0 Å². The first kappa shape index (κ1) is 16.1. The van der Waals surface area contributed by atoms with Crippen molar-refractivity contribution in [2.24, 2.45) is 0 Å². The number of nitrogens with one attached hydrogen (secondary N) is 2. The lowest BCUT2D eigenvalue weighted by Crippen LogP contribution is -2.27. The number of carbonyl (C=O) groups is 1. The number of H-pyrrole nitrogens is 1. The van der Waals surface area contributed by atoms with Gasteiger partial charge in [-0.1, -0.05) is 60.7 Å². The molecule has 128 valence electrons. The van der Waals surface area contributed by atoms with Crippen LogP contribution in [0.4, 0.5) is 0 Å². The zero-order chi connectivity index (χ0) is 17.9. The van der Waals surface area contributed by atoms with Gasteiger partial charge in [0.2, 0.25) is 5.56 Å². The van der Waals surface area contributed by atoms with Crippen LogP contribution in [0.5, 0.6) is 0 Å². The van der Waals surface area contributed by atoms with Crippen molar-refractivity contribution in [3.8, 4) is 0 Å². The van der Waals surface area contributed by atoms with E-state index in [1.54, 1.807) is 6.07 Å². The van der Waals surface area contributed by atoms with Crippen molar-refractivity contribution < 1.29 is 4.79 Å². The Labute approximate surface area is 150 Å². The van der Waals surface area contributed by atoms with Crippen LogP contribution < -0.4 is 10.9 Å². The molecule has 1 amide bonds. The van der Waals surface area contributed by atoms with Crippen LogP contribution in [0, 0.1) is 0 Å². The molecule has 0 spiro atoms. The molecule has 0 atom stereocenters. The Balaban J connectivity index is 1.54. The van der Waals surface area contributed by atoms with Crippen molar-refractivity contribution in [1.29, 1.82) is 0 Å². The van der Waals surface area contributed by atoms with Crippen LogP contribution in [-0.4, -0.2) is 17.4 Å². The van der Waals surface area contributed by atoms with Crippen LogP contribution in [0.3, 0.4) is 0 Å². The second-order valence-electron chi connectivity index (χ2n) is 6.24. The monoisotopic (exact) mass is 342 g/mol. The highest BCUT2D eigenvalue weighted by Crippen LogP contribution is 2.19. The molecule has 4 aromatic rings. The third-order valence-corrected chi connectivity index (χ3v) is 4.55. The van der Waals surface area contributed by atoms with Gasteiger partial charge in [-0.15, -0.1) is 0 Å². The first-order valence-electron chi connectivity index (χ1n) is 8.59. The van der Waals surface area contributed by atoms with E-state index in [9.17, 15) is 9.59 Å². The van der Waals surface area contributed by atoms with Gasteiger partial charge < -0.3 is 10.3 Å². The van der Waals surface area contributed by atoms with Gasteiger partial charge in [-0.05, 0) is 28.8 Å². The third-order valence-electron chi connectivity index (χ3n) is 4.55. The summed E-state index contributed by atoms with van der Waals surface area (Å²) in [5, 5.41) is 6.08. The topological polar surface area (TPSA) is 62.0 Å². The van der Waals surface area contributed by atoms with Crippen molar-refractivity contribution in [3.05, 3.63) is 94.3 Å². The predicted molar refractivity (Wildman–Crippen MR) is 105 cm³/mol. The van der Waals surface area contributed by atoms with Gasteiger partial charge in [-0.3, -0.25) is 9.59 Å². The van der Waals surface area contributed by atoms with Crippen LogP contribution in [0.25, 0.3) is 21.7 Å². The lowest BCUT2D eigenvalue weighted by Gasteiger charge is -2.09. The van der Waals surface area contributed by atoms with E-state index in [0.29, 0.717) is 17.6 Å². The molecule has 1 aromatic heterocycles. The smallest absolute Gasteiger partial charge is 0.252 e. The number of aromatic amines is 1. The van der Waals surface area contributed by atoms with Crippen LogP contribution in [0.15, 0.2) is 77.6 Å². The third kappa shape index (κ3) is 3.09. The number of amides is 1. The van der Waals surface area contributed by atoms with Crippen LogP contribution >= 0.6 is 0 Å². The molecule has 0 saturated heterocycles. The maximum atomic E-state index is 12.6. The lowest BCUT2D eigenvalue weighted by molar-refractivity contribution is 0.0955. The first-order valence-corrected chi connectivity index (χ1v) is 8.59. The standard InChI is InChI=1S/C22H18N2O2/c25-21-14-19(18-10-3-4-11-20(18)24-21)22(26)23-13-12-16-8-5-7-15-6-1-2-9-17(15)16/h1-11,14H,12-13H2,(H,23,26)(H,24,25). The molecule has 0 aliphatic heterocycles. The van der Waals surface area contributed by atoms with Crippen LogP contribution in [-0.2, 0) is 6.42 Å². The van der Waals surface area contributed by atoms with Crippen LogP contribution in [0.2, 0.25) is 0 Å². The van der Waals surface area contributed by atoms with E-state index in [2.05, 4.69) is 34.6 Å². The minimum absolute atomic E-state index is 0.229. The van der Waals surface area contributed by atoms with E-state index in [-0.39, 0.29) is 11.5 Å². The minimum Gasteiger partial charge on any atom is -0.352 e. The molecule has 3 aromatic carbocycles. The summed E-state index contributed by atoms with van der Waals surface area (Å²) in [6.07, 6.45) is 0.730. The van der Waals surface area contributed by atoms with E-state index in [1.165, 1.54) is 22.4 Å². The van der Waals surface area contributed by atoms with E-state index in [0.717, 1.165) is 11.8 Å². The zero-order valence-corrected chi connectivity index (χ0v) is 14.2. The molecule has 1 heterocycles. The molecule has 4 rings (SSSR count). The van der Waals surface area contributed by atoms with E-state index in [4.69, 9.17) is 0 Å². The fraction of sp³-hybridized carbons (Fsp3) is 0.0909. The molecular formula is C22H18N2O2. The summed E-state index contributed by atoms with van der Waals surface area (Å²) < 4.78 is 0. The molecule has 2 N–H and O–H groups in total. The fourth-order valence-corrected chi connectivity index (χ4v) is 3.31. The number of fused-ring (bicyclic) bond motifs is 2. The second-order valence-corrected chi connectivity index (χ2v) is 6.24. The molecule has 4 nitrogen and oxygen atoms in total.